The minimum Gasteiger partial charge on any atom is -0.479 e. The Morgan fingerprint density at radius 1 is 1.12 bits per heavy atom. The molecule has 6 heteroatoms. The number of amides is 1. The molecule has 0 aliphatic carbocycles. The fourth-order valence-corrected chi connectivity index (χ4v) is 1.32. The van der Waals surface area contributed by atoms with Crippen molar-refractivity contribution in [2.45, 2.75) is 80.4 Å². The van der Waals surface area contributed by atoms with Gasteiger partial charge in [-0.15, -0.1) is 0 Å². The molecule has 0 radical (unpaired) electrons. The summed E-state index contributed by atoms with van der Waals surface area (Å²) in [5.41, 5.74) is 4.69. The molecule has 0 aromatic carbocycles. The molecule has 0 bridgehead atoms. The Hall–Kier alpha value is -1.66. The Kier molecular flexibility index (Phi) is 38.4. The molecular formula is C20H43NO5. The number of carboxylic acids is 1. The van der Waals surface area contributed by atoms with E-state index in [2.05, 4.69) is 10.5 Å². The number of aliphatic carboxylic acids is 1. The molecule has 0 aliphatic rings. The van der Waals surface area contributed by atoms with E-state index in [-0.39, 0.29) is 6.41 Å². The van der Waals surface area contributed by atoms with E-state index >= 15 is 0 Å². The summed E-state index contributed by atoms with van der Waals surface area (Å²) in [4.78, 5) is 19.6. The SMILES string of the molecule is C/C=C\C(=C/C)CC(OC(C)(C)C)C(=O)O.CC.CC.COC.NC=O. The van der Waals surface area contributed by atoms with Gasteiger partial charge in [0.25, 0.3) is 0 Å². The molecule has 1 amide bonds. The molecule has 0 aromatic rings. The summed E-state index contributed by atoms with van der Waals surface area (Å²) >= 11 is 0. The van der Waals surface area contributed by atoms with Crippen molar-refractivity contribution in [2.24, 2.45) is 5.73 Å². The van der Waals surface area contributed by atoms with Crippen LogP contribution in [0.1, 0.15) is 68.7 Å². The van der Waals surface area contributed by atoms with Crippen LogP contribution in [0.2, 0.25) is 0 Å². The Balaban J connectivity index is -0.000000123. The lowest BCUT2D eigenvalue weighted by Crippen LogP contribution is -2.33. The number of hydrogen-bond acceptors (Lipinski definition) is 4. The number of carbonyl (C=O) groups is 2. The summed E-state index contributed by atoms with van der Waals surface area (Å²) in [7, 11) is 3.25. The van der Waals surface area contributed by atoms with Crippen LogP contribution >= 0.6 is 0 Å². The van der Waals surface area contributed by atoms with Crippen LogP contribution in [0.4, 0.5) is 0 Å². The molecule has 1 unspecified atom stereocenters. The quantitative estimate of drug-likeness (QED) is 0.539. The number of rotatable bonds is 5. The van der Waals surface area contributed by atoms with Crippen molar-refractivity contribution in [3.05, 3.63) is 23.8 Å². The molecule has 158 valence electrons. The number of methoxy groups -OCH3 is 1. The van der Waals surface area contributed by atoms with Crippen LogP contribution in [0.3, 0.4) is 0 Å². The lowest BCUT2D eigenvalue weighted by Gasteiger charge is -2.25. The van der Waals surface area contributed by atoms with E-state index in [0.29, 0.717) is 6.42 Å². The molecule has 0 aromatic heterocycles. The maximum absolute atomic E-state index is 11.1. The van der Waals surface area contributed by atoms with Gasteiger partial charge in [-0.25, -0.2) is 4.79 Å². The van der Waals surface area contributed by atoms with Crippen molar-refractivity contribution < 1.29 is 24.2 Å². The minimum absolute atomic E-state index is 0.250. The van der Waals surface area contributed by atoms with Crippen LogP contribution in [0.25, 0.3) is 0 Å². The average Bonchev–Trinajstić information content (AvgIpc) is 2.57. The number of allylic oxidation sites excluding steroid dienone is 3. The molecule has 0 saturated heterocycles. The Morgan fingerprint density at radius 2 is 1.46 bits per heavy atom. The summed E-state index contributed by atoms with van der Waals surface area (Å²) in [5.74, 6) is -0.918. The molecule has 0 aliphatic heterocycles. The molecule has 26 heavy (non-hydrogen) atoms. The van der Waals surface area contributed by atoms with Crippen LogP contribution in [-0.4, -0.2) is 43.4 Å². The second-order valence-electron chi connectivity index (χ2n) is 5.17. The number of carbonyl (C=O) groups excluding carboxylic acids is 1. The van der Waals surface area contributed by atoms with Gasteiger partial charge in [0.1, 0.15) is 0 Å². The largest absolute Gasteiger partial charge is 0.479 e. The molecule has 0 fully saturated rings. The van der Waals surface area contributed by atoms with E-state index in [4.69, 9.17) is 14.6 Å². The Bertz CT molecular complexity index is 345. The van der Waals surface area contributed by atoms with Gasteiger partial charge < -0.3 is 20.3 Å². The maximum Gasteiger partial charge on any atom is 0.333 e. The van der Waals surface area contributed by atoms with Crippen LogP contribution in [0.5, 0.6) is 0 Å². The number of primary amides is 1. The van der Waals surface area contributed by atoms with Crippen molar-refractivity contribution in [2.75, 3.05) is 14.2 Å². The van der Waals surface area contributed by atoms with Crippen LogP contribution in [-0.2, 0) is 19.1 Å². The van der Waals surface area contributed by atoms with Gasteiger partial charge in [-0.3, -0.25) is 4.79 Å². The highest BCUT2D eigenvalue weighted by atomic mass is 16.5. The van der Waals surface area contributed by atoms with Crippen molar-refractivity contribution in [1.82, 2.24) is 0 Å². The van der Waals surface area contributed by atoms with E-state index in [9.17, 15) is 4.79 Å². The van der Waals surface area contributed by atoms with Crippen LogP contribution < -0.4 is 5.73 Å². The third-order valence-corrected chi connectivity index (χ3v) is 1.94. The zero-order valence-electron chi connectivity index (χ0n) is 18.8. The average molecular weight is 378 g/mol. The fourth-order valence-electron chi connectivity index (χ4n) is 1.32. The Labute approximate surface area is 161 Å². The molecule has 0 rings (SSSR count). The summed E-state index contributed by atoms with van der Waals surface area (Å²) in [6.07, 6.45) is 5.56. The number of nitrogens with two attached hydrogens (primary N) is 1. The highest BCUT2D eigenvalue weighted by Crippen LogP contribution is 2.17. The van der Waals surface area contributed by atoms with Crippen molar-refractivity contribution in [3.63, 3.8) is 0 Å². The second-order valence-corrected chi connectivity index (χ2v) is 5.17. The van der Waals surface area contributed by atoms with Gasteiger partial charge in [0.05, 0.1) is 5.60 Å². The molecule has 0 heterocycles. The number of hydrogen-bond donors (Lipinski definition) is 2. The van der Waals surface area contributed by atoms with Crippen LogP contribution in [0, 0.1) is 0 Å². The second kappa shape index (κ2) is 28.2. The van der Waals surface area contributed by atoms with Gasteiger partial charge in [-0.05, 0) is 40.2 Å². The Morgan fingerprint density at radius 3 is 1.65 bits per heavy atom. The first-order valence-electron chi connectivity index (χ1n) is 8.87. The van der Waals surface area contributed by atoms with Gasteiger partial charge in [0.2, 0.25) is 6.41 Å². The monoisotopic (exact) mass is 377 g/mol. The molecule has 0 saturated carbocycles. The molecule has 6 nitrogen and oxygen atoms in total. The number of carboxylic acid groups (broad SMARTS) is 1. The minimum atomic E-state index is -0.918. The topological polar surface area (TPSA) is 98.8 Å². The molecule has 1 atom stereocenters. The van der Waals surface area contributed by atoms with E-state index in [1.165, 1.54) is 0 Å². The standard InChI is InChI=1S/C13H22O3.C2H6O.2C2H6.CH3NO/c1-6-8-10(7-2)9-11(12(14)15)16-13(3,4)5;1-3-2;2*1-2;2-1-3/h6-8,11H,9H2,1-5H3,(H,14,15);1-2H3;2*1-2H3;1H,(H2,2,3)/b8-6-,10-7+;;;;. The van der Waals surface area contributed by atoms with Crippen molar-refractivity contribution in [3.8, 4) is 0 Å². The van der Waals surface area contributed by atoms with E-state index < -0.39 is 17.7 Å². The molecule has 3 N–H and O–H groups in total. The third kappa shape index (κ3) is 38.1. The normalized spacial score (nSPS) is 11.1. The number of ether oxygens (including phenoxy) is 2. The zero-order chi connectivity index (χ0) is 22.2. The highest BCUT2D eigenvalue weighted by molar-refractivity contribution is 5.73. The predicted octanol–water partition coefficient (Wildman–Crippen LogP) is 4.58. The van der Waals surface area contributed by atoms with Gasteiger partial charge >= 0.3 is 5.97 Å². The lowest BCUT2D eigenvalue weighted by atomic mass is 10.1. The van der Waals surface area contributed by atoms with Gasteiger partial charge in [-0.1, -0.05) is 45.9 Å². The van der Waals surface area contributed by atoms with Crippen LogP contribution in [0.15, 0.2) is 23.8 Å². The smallest absolute Gasteiger partial charge is 0.333 e. The lowest BCUT2D eigenvalue weighted by molar-refractivity contribution is -0.159. The van der Waals surface area contributed by atoms with Gasteiger partial charge in [-0.2, -0.15) is 0 Å². The van der Waals surface area contributed by atoms with Gasteiger partial charge in [0.15, 0.2) is 6.10 Å². The maximum atomic E-state index is 11.1. The van der Waals surface area contributed by atoms with E-state index in [1.54, 1.807) is 14.2 Å². The first-order valence-corrected chi connectivity index (χ1v) is 8.87. The molecule has 0 spiro atoms. The summed E-state index contributed by atoms with van der Waals surface area (Å²) in [5, 5.41) is 9.07. The molecular weight excluding hydrogens is 334 g/mol. The first-order chi connectivity index (χ1) is 12.1. The predicted molar refractivity (Wildman–Crippen MR) is 111 cm³/mol. The van der Waals surface area contributed by atoms with Crippen molar-refractivity contribution >= 4 is 12.4 Å². The summed E-state index contributed by atoms with van der Waals surface area (Å²) in [6.45, 7) is 17.4. The van der Waals surface area contributed by atoms with E-state index in [0.717, 1.165) is 5.57 Å². The summed E-state index contributed by atoms with van der Waals surface area (Å²) < 4.78 is 9.75. The fraction of sp³-hybridized carbons (Fsp3) is 0.700. The third-order valence-electron chi connectivity index (χ3n) is 1.94. The summed E-state index contributed by atoms with van der Waals surface area (Å²) in [6, 6.07) is 0. The van der Waals surface area contributed by atoms with E-state index in [1.807, 2.05) is 80.5 Å². The van der Waals surface area contributed by atoms with Gasteiger partial charge in [0, 0.05) is 20.6 Å². The zero-order valence-corrected chi connectivity index (χ0v) is 18.8. The first kappa shape index (κ1) is 35.4. The highest BCUT2D eigenvalue weighted by Gasteiger charge is 2.25. The van der Waals surface area contributed by atoms with Crippen molar-refractivity contribution in [1.29, 1.82) is 0 Å².